The van der Waals surface area contributed by atoms with Gasteiger partial charge in [-0.2, -0.15) is 0 Å². The van der Waals surface area contributed by atoms with Gasteiger partial charge in [0.15, 0.2) is 6.29 Å². The van der Waals surface area contributed by atoms with Crippen molar-refractivity contribution in [2.75, 3.05) is 0 Å². The normalized spacial score (nSPS) is 9.57. The molecule has 1 unspecified atom stereocenters. The molecule has 0 spiro atoms. The van der Waals surface area contributed by atoms with Crippen molar-refractivity contribution in [3.05, 3.63) is 6.92 Å². The fraction of sp³-hybridized carbons (Fsp3) is 0.667. The van der Waals surface area contributed by atoms with E-state index in [0.717, 1.165) is 6.42 Å². The van der Waals surface area contributed by atoms with Gasteiger partial charge in [0.25, 0.3) is 0 Å². The number of carbonyl (C=O) groups excluding carboxylic acids is 1. The third-order valence-corrected chi connectivity index (χ3v) is 0.739. The van der Waals surface area contributed by atoms with Crippen LogP contribution in [0.3, 0.4) is 0 Å². The van der Waals surface area contributed by atoms with Gasteiger partial charge in [0, 0.05) is 6.42 Å². The lowest BCUT2D eigenvalue weighted by atomic mass is 10.1. The quantitative estimate of drug-likeness (QED) is 0.520. The molecule has 0 N–H and O–H groups in total. The van der Waals surface area contributed by atoms with E-state index in [1.807, 2.05) is 13.2 Å². The summed E-state index contributed by atoms with van der Waals surface area (Å²) in [5.74, 6) is 0.390. The second-order valence-corrected chi connectivity index (χ2v) is 1.79. The molecule has 0 saturated carbocycles. The molecule has 0 saturated heterocycles. The van der Waals surface area contributed by atoms with Gasteiger partial charge >= 0.3 is 0 Å². The lowest BCUT2D eigenvalue weighted by Crippen LogP contribution is -1.86. The van der Waals surface area contributed by atoms with Gasteiger partial charge in [0.05, 0.1) is 0 Å². The molecule has 2 radical (unpaired) electrons. The van der Waals surface area contributed by atoms with Crippen molar-refractivity contribution in [2.45, 2.75) is 19.8 Å². The number of hydrogen-bond donors (Lipinski definition) is 0. The molecule has 0 aromatic rings. The Bertz CT molecular complexity index is 48.1. The highest BCUT2D eigenvalue weighted by Gasteiger charge is 1.90. The van der Waals surface area contributed by atoms with Crippen molar-refractivity contribution < 1.29 is 4.79 Å². The fourth-order valence-electron chi connectivity index (χ4n) is 0.305. The van der Waals surface area contributed by atoms with Gasteiger partial charge in [-0.3, -0.25) is 4.79 Å². The molecule has 0 bridgehead atoms. The third kappa shape index (κ3) is 5.67. The summed E-state index contributed by atoms with van der Waals surface area (Å²) < 4.78 is 0. The molecule has 0 amide bonds. The fourth-order valence-corrected chi connectivity index (χ4v) is 0.305. The van der Waals surface area contributed by atoms with Gasteiger partial charge in [-0.25, -0.2) is 0 Å². The van der Waals surface area contributed by atoms with Crippen LogP contribution in [0.1, 0.15) is 19.8 Å². The monoisotopic (exact) mass is 98.1 g/mol. The highest BCUT2D eigenvalue weighted by atomic mass is 16.1. The lowest BCUT2D eigenvalue weighted by molar-refractivity contribution is 0.540. The average molecular weight is 98.1 g/mol. The molecular weight excluding hydrogens is 88.1 g/mol. The van der Waals surface area contributed by atoms with Gasteiger partial charge in [-0.15, -0.1) is 0 Å². The second-order valence-electron chi connectivity index (χ2n) is 1.79. The molecule has 1 heteroatoms. The van der Waals surface area contributed by atoms with Crippen LogP contribution in [-0.4, -0.2) is 6.29 Å². The summed E-state index contributed by atoms with van der Waals surface area (Å²) in [6.07, 6.45) is 3.21. The first-order valence-electron chi connectivity index (χ1n) is 2.45. The summed E-state index contributed by atoms with van der Waals surface area (Å²) in [7, 11) is 0. The van der Waals surface area contributed by atoms with E-state index in [1.165, 1.54) is 0 Å². The highest BCUT2D eigenvalue weighted by Crippen LogP contribution is 1.99. The minimum absolute atomic E-state index is 0.390. The predicted molar refractivity (Wildman–Crippen MR) is 29.4 cm³/mol. The summed E-state index contributed by atoms with van der Waals surface area (Å²) >= 11 is 0. The summed E-state index contributed by atoms with van der Waals surface area (Å²) in [5, 5.41) is 0. The summed E-state index contributed by atoms with van der Waals surface area (Å²) in [6.45, 7) is 5.68. The van der Waals surface area contributed by atoms with E-state index >= 15 is 0 Å². The molecule has 40 valence electrons. The minimum atomic E-state index is 0.390. The lowest BCUT2D eigenvalue weighted by Gasteiger charge is -1.94. The molecular formula is C6H10O. The topological polar surface area (TPSA) is 17.1 Å². The molecule has 1 atom stereocenters. The third-order valence-electron chi connectivity index (χ3n) is 0.739. The van der Waals surface area contributed by atoms with E-state index in [9.17, 15) is 4.79 Å². The Morgan fingerprint density at radius 3 is 2.57 bits per heavy atom. The molecule has 0 aromatic heterocycles. The van der Waals surface area contributed by atoms with Crippen molar-refractivity contribution >= 4 is 6.29 Å². The Morgan fingerprint density at radius 2 is 2.43 bits per heavy atom. The molecule has 1 nitrogen and oxygen atoms in total. The van der Waals surface area contributed by atoms with Crippen LogP contribution in [-0.2, 0) is 4.79 Å². The maximum absolute atomic E-state index is 9.56. The van der Waals surface area contributed by atoms with Gasteiger partial charge in [-0.05, 0) is 12.3 Å². The standard InChI is InChI=1S/C6H10O/c1-6(2)4-3-5-7/h6H,1,3-4H2,2H3. The second kappa shape index (κ2) is 3.85. The van der Waals surface area contributed by atoms with Crippen LogP contribution >= 0.6 is 0 Å². The predicted octanol–water partition coefficient (Wildman–Crippen LogP) is 1.35. The van der Waals surface area contributed by atoms with E-state index in [4.69, 9.17) is 0 Å². The minimum Gasteiger partial charge on any atom is -0.291 e. The molecule has 0 aliphatic rings. The van der Waals surface area contributed by atoms with Crippen LogP contribution < -0.4 is 0 Å². The molecule has 0 rings (SSSR count). The maximum atomic E-state index is 9.56. The van der Waals surface area contributed by atoms with Crippen molar-refractivity contribution in [1.29, 1.82) is 0 Å². The maximum Gasteiger partial charge on any atom is 0.198 e. The van der Waals surface area contributed by atoms with Crippen LogP contribution in [0.4, 0.5) is 0 Å². The van der Waals surface area contributed by atoms with Crippen LogP contribution in [0.2, 0.25) is 0 Å². The smallest absolute Gasteiger partial charge is 0.198 e. The van der Waals surface area contributed by atoms with E-state index in [1.54, 1.807) is 0 Å². The zero-order valence-corrected chi connectivity index (χ0v) is 4.61. The van der Waals surface area contributed by atoms with Crippen LogP contribution in [0.25, 0.3) is 0 Å². The van der Waals surface area contributed by atoms with Crippen molar-refractivity contribution in [3.63, 3.8) is 0 Å². The molecule has 0 aromatic carbocycles. The van der Waals surface area contributed by atoms with Crippen LogP contribution in [0, 0.1) is 12.8 Å². The molecule has 7 heavy (non-hydrogen) atoms. The Morgan fingerprint density at radius 1 is 1.86 bits per heavy atom. The van der Waals surface area contributed by atoms with E-state index in [-0.39, 0.29) is 0 Å². The molecule has 0 aliphatic carbocycles. The zero-order valence-electron chi connectivity index (χ0n) is 4.61. The van der Waals surface area contributed by atoms with Crippen molar-refractivity contribution in [1.82, 2.24) is 0 Å². The first-order chi connectivity index (χ1) is 3.27. The highest BCUT2D eigenvalue weighted by molar-refractivity contribution is 5.50. The Kier molecular flexibility index (Phi) is 3.67. The van der Waals surface area contributed by atoms with Crippen molar-refractivity contribution in [2.24, 2.45) is 5.92 Å². The van der Waals surface area contributed by atoms with Crippen LogP contribution in [0.15, 0.2) is 0 Å². The largest absolute Gasteiger partial charge is 0.291 e. The van der Waals surface area contributed by atoms with Gasteiger partial charge in [0.2, 0.25) is 0 Å². The number of rotatable bonds is 3. The van der Waals surface area contributed by atoms with E-state index in [0.29, 0.717) is 12.3 Å². The van der Waals surface area contributed by atoms with Gasteiger partial charge in [-0.1, -0.05) is 13.8 Å². The summed E-state index contributed by atoms with van der Waals surface area (Å²) in [5.41, 5.74) is 0. The van der Waals surface area contributed by atoms with Crippen molar-refractivity contribution in [3.8, 4) is 0 Å². The van der Waals surface area contributed by atoms with E-state index in [2.05, 4.69) is 6.92 Å². The molecule has 0 aliphatic heterocycles. The first kappa shape index (κ1) is 6.67. The van der Waals surface area contributed by atoms with Gasteiger partial charge < -0.3 is 0 Å². The van der Waals surface area contributed by atoms with E-state index < -0.39 is 0 Å². The SMILES string of the molecule is [CH2]C(C)CC[C]=O. The average Bonchev–Trinajstić information content (AvgIpc) is 1.61. The zero-order chi connectivity index (χ0) is 5.70. The summed E-state index contributed by atoms with van der Waals surface area (Å²) in [6, 6.07) is 0. The van der Waals surface area contributed by atoms with Crippen LogP contribution in [0.5, 0.6) is 0 Å². The first-order valence-corrected chi connectivity index (χ1v) is 2.45. The molecule has 0 fully saturated rings. The Balaban J connectivity index is 2.81. The Labute approximate surface area is 44.7 Å². The molecule has 0 heterocycles. The summed E-state index contributed by atoms with van der Waals surface area (Å²) in [4.78, 5) is 9.56. The number of hydrogen-bond acceptors (Lipinski definition) is 1. The van der Waals surface area contributed by atoms with Gasteiger partial charge in [0.1, 0.15) is 0 Å². The Hall–Kier alpha value is -0.330.